The second kappa shape index (κ2) is 8.18. The van der Waals surface area contributed by atoms with Crippen LogP contribution in [0.3, 0.4) is 0 Å². The Kier molecular flexibility index (Phi) is 5.94. The van der Waals surface area contributed by atoms with Gasteiger partial charge in [-0.25, -0.2) is 0 Å². The summed E-state index contributed by atoms with van der Waals surface area (Å²) in [6.07, 6.45) is 1.25. The maximum atomic E-state index is 13.1. The minimum Gasteiger partial charge on any atom is -0.372 e. The average Bonchev–Trinajstić information content (AvgIpc) is 3.13. The van der Waals surface area contributed by atoms with Crippen molar-refractivity contribution >= 4 is 33.2 Å². The summed E-state index contributed by atoms with van der Waals surface area (Å²) in [6, 6.07) is 7.87. The van der Waals surface area contributed by atoms with Gasteiger partial charge in [-0.15, -0.1) is 11.3 Å². The number of piperazine rings is 1. The SMILES string of the molecule is CCCC(OC)C(=O)N1CCN(C(=O)c2cccc3ccsc23)[C@H](C)C1. The van der Waals surface area contributed by atoms with Crippen molar-refractivity contribution in [3.05, 3.63) is 35.2 Å². The van der Waals surface area contributed by atoms with Crippen molar-refractivity contribution in [2.45, 2.75) is 38.8 Å². The summed E-state index contributed by atoms with van der Waals surface area (Å²) in [6.45, 7) is 5.71. The first-order chi connectivity index (χ1) is 12.6. The number of rotatable bonds is 5. The van der Waals surface area contributed by atoms with Gasteiger partial charge < -0.3 is 14.5 Å². The van der Waals surface area contributed by atoms with E-state index in [2.05, 4.69) is 0 Å². The van der Waals surface area contributed by atoms with Crippen molar-refractivity contribution in [3.63, 3.8) is 0 Å². The minimum absolute atomic E-state index is 0.0189. The van der Waals surface area contributed by atoms with Gasteiger partial charge in [0.15, 0.2) is 0 Å². The van der Waals surface area contributed by atoms with Gasteiger partial charge in [0.05, 0.1) is 5.56 Å². The fourth-order valence-electron chi connectivity index (χ4n) is 3.58. The molecule has 1 aromatic carbocycles. The van der Waals surface area contributed by atoms with Gasteiger partial charge >= 0.3 is 0 Å². The van der Waals surface area contributed by atoms with Gasteiger partial charge in [0.2, 0.25) is 0 Å². The molecule has 1 saturated heterocycles. The second-order valence-electron chi connectivity index (χ2n) is 6.79. The molecule has 0 spiro atoms. The Hall–Kier alpha value is -1.92. The van der Waals surface area contributed by atoms with E-state index in [-0.39, 0.29) is 24.0 Å². The third-order valence-electron chi connectivity index (χ3n) is 5.02. The maximum absolute atomic E-state index is 13.1. The molecule has 2 aromatic rings. The first-order valence-corrected chi connectivity index (χ1v) is 10.0. The van der Waals surface area contributed by atoms with Crippen LogP contribution in [0, 0.1) is 0 Å². The highest BCUT2D eigenvalue weighted by Gasteiger charge is 2.33. The summed E-state index contributed by atoms with van der Waals surface area (Å²) in [7, 11) is 1.59. The predicted octanol–water partition coefficient (Wildman–Crippen LogP) is 3.39. The molecule has 0 aliphatic carbocycles. The Bertz CT molecular complexity index is 788. The Labute approximate surface area is 158 Å². The Morgan fingerprint density at radius 3 is 2.81 bits per heavy atom. The van der Waals surface area contributed by atoms with Gasteiger partial charge in [-0.2, -0.15) is 0 Å². The van der Waals surface area contributed by atoms with Crippen molar-refractivity contribution in [2.24, 2.45) is 0 Å². The number of hydrogen-bond acceptors (Lipinski definition) is 4. The van der Waals surface area contributed by atoms with Crippen LogP contribution in [0.1, 0.15) is 37.0 Å². The number of hydrogen-bond donors (Lipinski definition) is 0. The van der Waals surface area contributed by atoms with Gasteiger partial charge in [-0.3, -0.25) is 9.59 Å². The fraction of sp³-hybridized carbons (Fsp3) is 0.500. The number of thiophene rings is 1. The van der Waals surface area contributed by atoms with E-state index in [4.69, 9.17) is 4.74 Å². The van der Waals surface area contributed by atoms with Crippen LogP contribution >= 0.6 is 11.3 Å². The topological polar surface area (TPSA) is 49.9 Å². The van der Waals surface area contributed by atoms with Crippen LogP contribution < -0.4 is 0 Å². The zero-order chi connectivity index (χ0) is 18.7. The summed E-state index contributed by atoms with van der Waals surface area (Å²) in [5, 5.41) is 3.12. The van der Waals surface area contributed by atoms with Crippen LogP contribution in [0.4, 0.5) is 0 Å². The lowest BCUT2D eigenvalue weighted by Gasteiger charge is -2.41. The Morgan fingerprint density at radius 2 is 2.12 bits per heavy atom. The summed E-state index contributed by atoms with van der Waals surface area (Å²) in [4.78, 5) is 29.5. The first-order valence-electron chi connectivity index (χ1n) is 9.15. The molecule has 3 rings (SSSR count). The maximum Gasteiger partial charge on any atom is 0.255 e. The number of ether oxygens (including phenoxy) is 1. The van der Waals surface area contributed by atoms with Crippen molar-refractivity contribution in [1.29, 1.82) is 0 Å². The molecule has 26 heavy (non-hydrogen) atoms. The van der Waals surface area contributed by atoms with Crippen LogP contribution in [0.2, 0.25) is 0 Å². The van der Waals surface area contributed by atoms with Gasteiger partial charge in [0.1, 0.15) is 6.10 Å². The van der Waals surface area contributed by atoms with E-state index in [0.29, 0.717) is 19.6 Å². The number of methoxy groups -OCH3 is 1. The molecule has 140 valence electrons. The largest absolute Gasteiger partial charge is 0.372 e. The van der Waals surface area contributed by atoms with E-state index in [0.717, 1.165) is 28.5 Å². The van der Waals surface area contributed by atoms with E-state index in [1.165, 1.54) is 0 Å². The molecule has 1 unspecified atom stereocenters. The number of nitrogens with zero attached hydrogens (tertiary/aromatic N) is 2. The Morgan fingerprint density at radius 1 is 1.31 bits per heavy atom. The molecule has 2 heterocycles. The molecule has 1 aliphatic heterocycles. The molecule has 0 radical (unpaired) electrons. The predicted molar refractivity (Wildman–Crippen MR) is 105 cm³/mol. The summed E-state index contributed by atoms with van der Waals surface area (Å²) in [5.41, 5.74) is 0.755. The highest BCUT2D eigenvalue weighted by atomic mass is 32.1. The average molecular weight is 375 g/mol. The lowest BCUT2D eigenvalue weighted by atomic mass is 10.1. The van der Waals surface area contributed by atoms with Gasteiger partial charge in [-0.1, -0.05) is 25.5 Å². The quantitative estimate of drug-likeness (QED) is 0.806. The monoisotopic (exact) mass is 374 g/mol. The van der Waals surface area contributed by atoms with Crippen LogP contribution in [-0.4, -0.2) is 60.5 Å². The smallest absolute Gasteiger partial charge is 0.255 e. The normalized spacial score (nSPS) is 19.0. The van der Waals surface area contributed by atoms with Crippen LogP contribution in [0.15, 0.2) is 29.6 Å². The molecule has 5 nitrogen and oxygen atoms in total. The van der Waals surface area contributed by atoms with Crippen molar-refractivity contribution in [3.8, 4) is 0 Å². The Balaban J connectivity index is 1.72. The van der Waals surface area contributed by atoms with Crippen molar-refractivity contribution < 1.29 is 14.3 Å². The van der Waals surface area contributed by atoms with E-state index in [1.54, 1.807) is 18.4 Å². The van der Waals surface area contributed by atoms with Crippen LogP contribution in [-0.2, 0) is 9.53 Å². The highest BCUT2D eigenvalue weighted by Crippen LogP contribution is 2.27. The minimum atomic E-state index is -0.380. The third-order valence-corrected chi connectivity index (χ3v) is 5.98. The molecule has 1 aliphatic rings. The molecule has 2 amide bonds. The fourth-order valence-corrected chi connectivity index (χ4v) is 4.49. The van der Waals surface area contributed by atoms with E-state index >= 15 is 0 Å². The van der Waals surface area contributed by atoms with Crippen molar-refractivity contribution in [1.82, 2.24) is 9.80 Å². The highest BCUT2D eigenvalue weighted by molar-refractivity contribution is 7.17. The first kappa shape index (κ1) is 18.9. The lowest BCUT2D eigenvalue weighted by Crippen LogP contribution is -2.57. The zero-order valence-electron chi connectivity index (χ0n) is 15.6. The van der Waals surface area contributed by atoms with Crippen molar-refractivity contribution in [2.75, 3.05) is 26.7 Å². The number of carbonyl (C=O) groups excluding carboxylic acids is 2. The molecule has 0 bridgehead atoms. The second-order valence-corrected chi connectivity index (χ2v) is 7.71. The number of carbonyl (C=O) groups is 2. The zero-order valence-corrected chi connectivity index (χ0v) is 16.4. The molecular weight excluding hydrogens is 348 g/mol. The van der Waals surface area contributed by atoms with Crippen LogP contribution in [0.25, 0.3) is 10.1 Å². The van der Waals surface area contributed by atoms with Crippen LogP contribution in [0.5, 0.6) is 0 Å². The molecule has 2 atom stereocenters. The molecule has 1 aromatic heterocycles. The molecule has 0 saturated carbocycles. The van der Waals surface area contributed by atoms with E-state index in [1.807, 2.05) is 53.3 Å². The van der Waals surface area contributed by atoms with E-state index in [9.17, 15) is 9.59 Å². The molecule has 6 heteroatoms. The standard InChI is InChI=1S/C20H26N2O3S/c1-4-6-17(25-3)20(24)21-10-11-22(14(2)13-21)19(23)16-8-5-7-15-9-12-26-18(15)16/h5,7-9,12,14,17H,4,6,10-11,13H2,1-3H3/t14-,17?/m1/s1. The van der Waals surface area contributed by atoms with E-state index < -0.39 is 0 Å². The summed E-state index contributed by atoms with van der Waals surface area (Å²) >= 11 is 1.60. The number of amides is 2. The van der Waals surface area contributed by atoms with Gasteiger partial charge in [0.25, 0.3) is 11.8 Å². The van der Waals surface area contributed by atoms with Gasteiger partial charge in [-0.05, 0) is 36.2 Å². The summed E-state index contributed by atoms with van der Waals surface area (Å²) < 4.78 is 6.39. The number of fused-ring (bicyclic) bond motifs is 1. The molecule has 1 fully saturated rings. The summed E-state index contributed by atoms with van der Waals surface area (Å²) in [5.74, 6) is 0.0863. The third kappa shape index (κ3) is 3.62. The molecular formula is C20H26N2O3S. The van der Waals surface area contributed by atoms with Gasteiger partial charge in [0, 0.05) is 37.5 Å². The lowest BCUT2D eigenvalue weighted by molar-refractivity contribution is -0.144. The molecule has 0 N–H and O–H groups in total. The number of benzene rings is 1.